The second kappa shape index (κ2) is 4.32. The normalized spacial score (nSPS) is 10.6. The first-order valence-electron chi connectivity index (χ1n) is 3.24. The summed E-state index contributed by atoms with van der Waals surface area (Å²) >= 11 is 6.04. The molecule has 0 aliphatic rings. The molecule has 0 spiro atoms. The molecule has 0 amide bonds. The SMILES string of the molecule is COc1c(C(F)F)cc(Br)nc1Br. The molecule has 1 heterocycles. The van der Waals surface area contributed by atoms with E-state index < -0.39 is 6.43 Å². The summed E-state index contributed by atoms with van der Waals surface area (Å²) < 4.78 is 30.2. The van der Waals surface area contributed by atoms with Crippen LogP contribution in [0.1, 0.15) is 12.0 Å². The highest BCUT2D eigenvalue weighted by molar-refractivity contribution is 9.11. The molecule has 0 aliphatic heterocycles. The number of alkyl halides is 2. The molecule has 2 nitrogen and oxygen atoms in total. The van der Waals surface area contributed by atoms with E-state index in [9.17, 15) is 8.78 Å². The van der Waals surface area contributed by atoms with Gasteiger partial charge in [-0.25, -0.2) is 13.8 Å². The highest BCUT2D eigenvalue weighted by Crippen LogP contribution is 2.35. The number of aromatic nitrogens is 1. The van der Waals surface area contributed by atoms with Gasteiger partial charge in [0.15, 0.2) is 5.75 Å². The van der Waals surface area contributed by atoms with Gasteiger partial charge < -0.3 is 4.74 Å². The summed E-state index contributed by atoms with van der Waals surface area (Å²) in [5, 5.41) is 0. The molecule has 13 heavy (non-hydrogen) atoms. The maximum absolute atomic E-state index is 12.4. The number of hydrogen-bond donors (Lipinski definition) is 0. The smallest absolute Gasteiger partial charge is 0.267 e. The standard InChI is InChI=1S/C7H5Br2F2NO/c1-13-5-3(7(10)11)2-4(8)12-6(5)9/h2,7H,1H3. The fourth-order valence-electron chi connectivity index (χ4n) is 0.854. The van der Waals surface area contributed by atoms with Crippen LogP contribution in [0.15, 0.2) is 15.3 Å². The molecule has 0 saturated heterocycles. The van der Waals surface area contributed by atoms with E-state index in [4.69, 9.17) is 4.74 Å². The van der Waals surface area contributed by atoms with Crippen LogP contribution >= 0.6 is 31.9 Å². The largest absolute Gasteiger partial charge is 0.493 e. The summed E-state index contributed by atoms with van der Waals surface area (Å²) in [5.74, 6) is 0.0678. The molecule has 0 aliphatic carbocycles. The maximum atomic E-state index is 12.4. The third-order valence-electron chi connectivity index (χ3n) is 1.37. The molecule has 0 fully saturated rings. The zero-order valence-corrected chi connectivity index (χ0v) is 9.69. The Kier molecular flexibility index (Phi) is 3.61. The predicted octanol–water partition coefficient (Wildman–Crippen LogP) is 3.55. The van der Waals surface area contributed by atoms with Crippen molar-refractivity contribution in [2.24, 2.45) is 0 Å². The Labute approximate surface area is 90.6 Å². The van der Waals surface area contributed by atoms with Crippen molar-refractivity contribution in [2.45, 2.75) is 6.43 Å². The van der Waals surface area contributed by atoms with Gasteiger partial charge >= 0.3 is 0 Å². The summed E-state index contributed by atoms with van der Waals surface area (Å²) in [7, 11) is 1.32. The Morgan fingerprint density at radius 1 is 1.46 bits per heavy atom. The van der Waals surface area contributed by atoms with Crippen molar-refractivity contribution in [3.05, 3.63) is 20.8 Å². The predicted molar refractivity (Wildman–Crippen MR) is 51.1 cm³/mol. The molecule has 6 heteroatoms. The molecule has 0 saturated carbocycles. The molecule has 0 aromatic carbocycles. The Hall–Kier alpha value is -0.230. The minimum Gasteiger partial charge on any atom is -0.493 e. The van der Waals surface area contributed by atoms with Gasteiger partial charge in [-0.1, -0.05) is 0 Å². The lowest BCUT2D eigenvalue weighted by atomic mass is 10.2. The second-order valence-electron chi connectivity index (χ2n) is 2.16. The van der Waals surface area contributed by atoms with Crippen LogP contribution in [0, 0.1) is 0 Å². The van der Waals surface area contributed by atoms with E-state index in [-0.39, 0.29) is 15.9 Å². The van der Waals surface area contributed by atoms with Crippen LogP contribution < -0.4 is 4.74 Å². The van der Waals surface area contributed by atoms with E-state index in [2.05, 4.69) is 36.8 Å². The van der Waals surface area contributed by atoms with Gasteiger partial charge in [0.1, 0.15) is 9.21 Å². The molecule has 0 atom stereocenters. The lowest BCUT2D eigenvalue weighted by Crippen LogP contribution is -1.96. The van der Waals surface area contributed by atoms with Crippen molar-refractivity contribution < 1.29 is 13.5 Å². The molecule has 0 N–H and O–H groups in total. The van der Waals surface area contributed by atoms with Crippen LogP contribution in [0.3, 0.4) is 0 Å². The number of rotatable bonds is 2. The van der Waals surface area contributed by atoms with Crippen molar-refractivity contribution >= 4 is 31.9 Å². The van der Waals surface area contributed by atoms with Crippen LogP contribution in [0.2, 0.25) is 0 Å². The lowest BCUT2D eigenvalue weighted by molar-refractivity contribution is 0.146. The van der Waals surface area contributed by atoms with Gasteiger partial charge in [0, 0.05) is 0 Å². The third-order valence-corrected chi connectivity index (χ3v) is 2.31. The highest BCUT2D eigenvalue weighted by atomic mass is 79.9. The molecule has 1 rings (SSSR count). The molecular weight excluding hydrogens is 312 g/mol. The van der Waals surface area contributed by atoms with Crippen LogP contribution in [-0.2, 0) is 0 Å². The van der Waals surface area contributed by atoms with Crippen LogP contribution in [0.4, 0.5) is 8.78 Å². The number of methoxy groups -OCH3 is 1. The Morgan fingerprint density at radius 3 is 2.54 bits per heavy atom. The Morgan fingerprint density at radius 2 is 2.08 bits per heavy atom. The van der Waals surface area contributed by atoms with Crippen LogP contribution in [-0.4, -0.2) is 12.1 Å². The van der Waals surface area contributed by atoms with E-state index in [1.807, 2.05) is 0 Å². The zero-order chi connectivity index (χ0) is 10.0. The molecule has 0 radical (unpaired) electrons. The van der Waals surface area contributed by atoms with Gasteiger partial charge in [-0.2, -0.15) is 0 Å². The van der Waals surface area contributed by atoms with Gasteiger partial charge in [0.2, 0.25) is 0 Å². The monoisotopic (exact) mass is 315 g/mol. The molecular formula is C7H5Br2F2NO. The summed E-state index contributed by atoms with van der Waals surface area (Å²) in [4.78, 5) is 3.86. The quantitative estimate of drug-likeness (QED) is 0.778. The summed E-state index contributed by atoms with van der Waals surface area (Å²) in [5.41, 5.74) is -0.184. The van der Waals surface area contributed by atoms with E-state index in [1.54, 1.807) is 0 Å². The second-order valence-corrected chi connectivity index (χ2v) is 3.72. The average molecular weight is 317 g/mol. The third kappa shape index (κ3) is 2.37. The Bertz CT molecular complexity index is 320. The Balaban J connectivity index is 3.29. The lowest BCUT2D eigenvalue weighted by Gasteiger charge is -2.09. The summed E-state index contributed by atoms with van der Waals surface area (Å²) in [6.07, 6.45) is -2.58. The van der Waals surface area contributed by atoms with Crippen LogP contribution in [0.25, 0.3) is 0 Å². The summed E-state index contributed by atoms with van der Waals surface area (Å²) in [6.45, 7) is 0. The first-order chi connectivity index (χ1) is 6.06. The van der Waals surface area contributed by atoms with Crippen LogP contribution in [0.5, 0.6) is 5.75 Å². The van der Waals surface area contributed by atoms with Crippen molar-refractivity contribution in [3.8, 4) is 5.75 Å². The molecule has 0 bridgehead atoms. The van der Waals surface area contributed by atoms with E-state index in [1.165, 1.54) is 13.2 Å². The number of nitrogens with zero attached hydrogens (tertiary/aromatic N) is 1. The number of halogens is 4. The fourth-order valence-corrected chi connectivity index (χ4v) is 2.10. The van der Waals surface area contributed by atoms with Crippen molar-refractivity contribution in [1.29, 1.82) is 0 Å². The maximum Gasteiger partial charge on any atom is 0.267 e. The van der Waals surface area contributed by atoms with Gasteiger partial charge in [-0.3, -0.25) is 0 Å². The van der Waals surface area contributed by atoms with Crippen molar-refractivity contribution in [2.75, 3.05) is 7.11 Å². The van der Waals surface area contributed by atoms with E-state index in [0.29, 0.717) is 4.60 Å². The van der Waals surface area contributed by atoms with Crippen molar-refractivity contribution in [3.63, 3.8) is 0 Å². The zero-order valence-electron chi connectivity index (χ0n) is 6.52. The first-order valence-corrected chi connectivity index (χ1v) is 4.83. The van der Waals surface area contributed by atoms with E-state index in [0.717, 1.165) is 0 Å². The number of ether oxygens (including phenoxy) is 1. The minimum absolute atomic E-state index is 0.0678. The fraction of sp³-hybridized carbons (Fsp3) is 0.286. The highest BCUT2D eigenvalue weighted by Gasteiger charge is 2.18. The van der Waals surface area contributed by atoms with Gasteiger partial charge in [0.05, 0.1) is 12.7 Å². The number of pyridine rings is 1. The average Bonchev–Trinajstić information content (AvgIpc) is 2.02. The number of hydrogen-bond acceptors (Lipinski definition) is 2. The van der Waals surface area contributed by atoms with Crippen molar-refractivity contribution in [1.82, 2.24) is 4.98 Å². The van der Waals surface area contributed by atoms with Gasteiger partial charge in [-0.05, 0) is 37.9 Å². The molecule has 72 valence electrons. The molecule has 1 aromatic heterocycles. The first kappa shape index (κ1) is 10.8. The molecule has 0 unspecified atom stereocenters. The molecule has 1 aromatic rings. The van der Waals surface area contributed by atoms with Gasteiger partial charge in [-0.15, -0.1) is 0 Å². The van der Waals surface area contributed by atoms with Gasteiger partial charge in [0.25, 0.3) is 6.43 Å². The topological polar surface area (TPSA) is 22.1 Å². The van der Waals surface area contributed by atoms with E-state index >= 15 is 0 Å². The summed E-state index contributed by atoms with van der Waals surface area (Å²) in [6, 6.07) is 1.23. The minimum atomic E-state index is -2.58.